The van der Waals surface area contributed by atoms with Gasteiger partial charge in [0.05, 0.1) is 11.1 Å². The minimum absolute atomic E-state index is 0.0805. The molecule has 0 fully saturated rings. The van der Waals surface area contributed by atoms with Gasteiger partial charge < -0.3 is 0 Å². The van der Waals surface area contributed by atoms with Gasteiger partial charge in [0.2, 0.25) is 0 Å². The van der Waals surface area contributed by atoms with Gasteiger partial charge in [0.15, 0.2) is 23.3 Å². The van der Waals surface area contributed by atoms with Crippen molar-refractivity contribution in [3.8, 4) is 0 Å². The lowest BCUT2D eigenvalue weighted by molar-refractivity contribution is -0.101. The van der Waals surface area contributed by atoms with E-state index in [1.165, 1.54) is 0 Å². The van der Waals surface area contributed by atoms with Crippen LogP contribution < -0.4 is 0 Å². The van der Waals surface area contributed by atoms with Crippen LogP contribution in [0.5, 0.6) is 0 Å². The molecule has 1 aliphatic heterocycles. The molecule has 128 valence electrons. The van der Waals surface area contributed by atoms with Gasteiger partial charge in [-0.05, 0) is 11.1 Å². The Morgan fingerprint density at radius 1 is 0.880 bits per heavy atom. The number of halogens is 4. The van der Waals surface area contributed by atoms with Crippen molar-refractivity contribution in [3.05, 3.63) is 76.4 Å². The van der Waals surface area contributed by atoms with E-state index in [1.807, 2.05) is 0 Å². The van der Waals surface area contributed by atoms with Crippen molar-refractivity contribution in [2.45, 2.75) is 6.61 Å². The number of hydrogen-bond donors (Lipinski definition) is 0. The zero-order valence-corrected chi connectivity index (χ0v) is 12.5. The van der Waals surface area contributed by atoms with E-state index in [9.17, 15) is 27.2 Å². The van der Waals surface area contributed by atoms with Gasteiger partial charge in [-0.3, -0.25) is 14.4 Å². The maximum absolute atomic E-state index is 13.7. The second-order valence-electron chi connectivity index (χ2n) is 5.13. The summed E-state index contributed by atoms with van der Waals surface area (Å²) >= 11 is 0. The highest BCUT2D eigenvalue weighted by Crippen LogP contribution is 2.31. The van der Waals surface area contributed by atoms with Crippen molar-refractivity contribution in [1.82, 2.24) is 5.06 Å². The minimum Gasteiger partial charge on any atom is -0.266 e. The fraction of sp³-hybridized carbons (Fsp3) is 0.0588. The molecule has 4 nitrogen and oxygen atoms in total. The van der Waals surface area contributed by atoms with Crippen molar-refractivity contribution in [1.29, 1.82) is 0 Å². The number of carbonyl (C=O) groups excluding carboxylic acids is 2. The first-order valence-electron chi connectivity index (χ1n) is 6.95. The topological polar surface area (TPSA) is 46.6 Å². The summed E-state index contributed by atoms with van der Waals surface area (Å²) in [6.45, 7) is 3.30. The van der Waals surface area contributed by atoms with E-state index < -0.39 is 46.2 Å². The van der Waals surface area contributed by atoms with E-state index in [4.69, 9.17) is 4.84 Å². The molecule has 2 aromatic rings. The lowest BCUT2D eigenvalue weighted by atomic mass is 10.1. The number of rotatable bonds is 4. The average molecular weight is 351 g/mol. The Kier molecular flexibility index (Phi) is 4.13. The number of imide groups is 1. The highest BCUT2D eigenvalue weighted by molar-refractivity contribution is 6.20. The summed E-state index contributed by atoms with van der Waals surface area (Å²) in [5.41, 5.74) is -1.02. The van der Waals surface area contributed by atoms with Crippen LogP contribution in [0, 0.1) is 23.3 Å². The first-order valence-corrected chi connectivity index (χ1v) is 6.95. The molecular weight excluding hydrogens is 342 g/mol. The van der Waals surface area contributed by atoms with Crippen LogP contribution >= 0.6 is 0 Å². The summed E-state index contributed by atoms with van der Waals surface area (Å²) in [6, 6.07) is 6.63. The van der Waals surface area contributed by atoms with E-state index in [1.54, 1.807) is 30.3 Å². The molecule has 0 unspecified atom stereocenters. The van der Waals surface area contributed by atoms with Gasteiger partial charge in [-0.1, -0.05) is 36.9 Å². The van der Waals surface area contributed by atoms with Gasteiger partial charge in [0, 0.05) is 0 Å². The van der Waals surface area contributed by atoms with Crippen LogP contribution in [0.3, 0.4) is 0 Å². The van der Waals surface area contributed by atoms with Crippen molar-refractivity contribution in [2.24, 2.45) is 0 Å². The molecular formula is C17H9F4NO3. The Morgan fingerprint density at radius 2 is 1.36 bits per heavy atom. The average Bonchev–Trinajstić information content (AvgIpc) is 2.87. The number of fused-ring (bicyclic) bond motifs is 1. The summed E-state index contributed by atoms with van der Waals surface area (Å²) in [6.07, 6.45) is 1.60. The molecule has 0 aliphatic carbocycles. The second-order valence-corrected chi connectivity index (χ2v) is 5.13. The van der Waals surface area contributed by atoms with Gasteiger partial charge in [-0.2, -0.15) is 0 Å². The number of nitrogens with zero attached hydrogens (tertiary/aromatic N) is 1. The van der Waals surface area contributed by atoms with Crippen LogP contribution in [0.1, 0.15) is 31.8 Å². The quantitative estimate of drug-likeness (QED) is 0.366. The van der Waals surface area contributed by atoms with Crippen LogP contribution in [-0.4, -0.2) is 16.9 Å². The summed E-state index contributed by atoms with van der Waals surface area (Å²) < 4.78 is 54.0. The molecule has 1 heterocycles. The second kappa shape index (κ2) is 6.14. The fourth-order valence-corrected chi connectivity index (χ4v) is 2.33. The number of hydrogen-bond acceptors (Lipinski definition) is 3. The Bertz CT molecular complexity index is 862. The predicted octanol–water partition coefficient (Wildman–Crippen LogP) is 3.61. The third-order valence-corrected chi connectivity index (χ3v) is 3.64. The molecule has 0 spiro atoms. The van der Waals surface area contributed by atoms with Crippen molar-refractivity contribution < 1.29 is 32.0 Å². The summed E-state index contributed by atoms with van der Waals surface area (Å²) in [5.74, 6) is -11.0. The molecule has 25 heavy (non-hydrogen) atoms. The maximum atomic E-state index is 13.7. The van der Waals surface area contributed by atoms with E-state index >= 15 is 0 Å². The maximum Gasteiger partial charge on any atom is 0.289 e. The van der Waals surface area contributed by atoms with Gasteiger partial charge in [-0.25, -0.2) is 17.6 Å². The largest absolute Gasteiger partial charge is 0.289 e. The lowest BCUT2D eigenvalue weighted by Gasteiger charge is -2.13. The highest BCUT2D eigenvalue weighted by Gasteiger charge is 2.45. The van der Waals surface area contributed by atoms with Gasteiger partial charge >= 0.3 is 0 Å². The molecule has 0 bridgehead atoms. The fourth-order valence-electron chi connectivity index (χ4n) is 2.33. The van der Waals surface area contributed by atoms with Gasteiger partial charge in [0.25, 0.3) is 11.8 Å². The molecule has 1 aliphatic rings. The van der Waals surface area contributed by atoms with Crippen LogP contribution in [0.4, 0.5) is 17.6 Å². The van der Waals surface area contributed by atoms with Gasteiger partial charge in [-0.15, -0.1) is 5.06 Å². The van der Waals surface area contributed by atoms with Crippen LogP contribution in [-0.2, 0) is 11.4 Å². The minimum atomic E-state index is -2.17. The monoisotopic (exact) mass is 351 g/mol. The first-order chi connectivity index (χ1) is 11.9. The number of hydroxylamine groups is 2. The highest BCUT2D eigenvalue weighted by atomic mass is 19.2. The smallest absolute Gasteiger partial charge is 0.266 e. The van der Waals surface area contributed by atoms with Crippen LogP contribution in [0.15, 0.2) is 30.8 Å². The number of benzene rings is 2. The van der Waals surface area contributed by atoms with Crippen LogP contribution in [0.25, 0.3) is 6.08 Å². The molecule has 0 atom stereocenters. The van der Waals surface area contributed by atoms with Crippen molar-refractivity contribution in [3.63, 3.8) is 0 Å². The Labute approximate surface area is 138 Å². The number of amides is 2. The third-order valence-electron chi connectivity index (χ3n) is 3.64. The summed E-state index contributed by atoms with van der Waals surface area (Å²) in [4.78, 5) is 29.1. The summed E-state index contributed by atoms with van der Waals surface area (Å²) in [5, 5.41) is 0.0805. The molecule has 0 saturated heterocycles. The summed E-state index contributed by atoms with van der Waals surface area (Å²) in [7, 11) is 0. The normalized spacial score (nSPS) is 13.4. The zero-order chi connectivity index (χ0) is 18.3. The predicted molar refractivity (Wildman–Crippen MR) is 78.1 cm³/mol. The standard InChI is InChI=1S/C17H9F4NO3/c1-2-8-3-5-9(6-4-8)7-25-22-16(23)10-11(17(22)24)13(19)15(21)14(20)12(10)18/h2-6H,1,7H2. The lowest BCUT2D eigenvalue weighted by Crippen LogP contribution is -2.30. The van der Waals surface area contributed by atoms with Crippen molar-refractivity contribution in [2.75, 3.05) is 0 Å². The molecule has 0 N–H and O–H groups in total. The van der Waals surface area contributed by atoms with E-state index in [-0.39, 0.29) is 11.7 Å². The van der Waals surface area contributed by atoms with E-state index in [0.717, 1.165) is 5.56 Å². The van der Waals surface area contributed by atoms with Gasteiger partial charge in [0.1, 0.15) is 6.61 Å². The first kappa shape index (κ1) is 16.8. The van der Waals surface area contributed by atoms with E-state index in [2.05, 4.69) is 6.58 Å². The Balaban J connectivity index is 1.88. The van der Waals surface area contributed by atoms with E-state index in [0.29, 0.717) is 5.56 Å². The SMILES string of the molecule is C=Cc1ccc(CON2C(=O)c3c(F)c(F)c(F)c(F)c3C2=O)cc1. The van der Waals surface area contributed by atoms with Crippen LogP contribution in [0.2, 0.25) is 0 Å². The Morgan fingerprint density at radius 3 is 1.80 bits per heavy atom. The molecule has 0 radical (unpaired) electrons. The Hall–Kier alpha value is -3.00. The molecule has 0 saturated carbocycles. The zero-order valence-electron chi connectivity index (χ0n) is 12.5. The molecule has 2 amide bonds. The molecule has 0 aromatic heterocycles. The molecule has 3 rings (SSSR count). The molecule has 2 aromatic carbocycles. The number of carbonyl (C=O) groups is 2. The molecule has 8 heteroatoms. The third kappa shape index (κ3) is 2.60. The van der Waals surface area contributed by atoms with Crippen molar-refractivity contribution >= 4 is 17.9 Å².